The van der Waals surface area contributed by atoms with E-state index in [-0.39, 0.29) is 11.9 Å². The molecule has 6 rings (SSSR count). The molecule has 0 N–H and O–H groups in total. The third-order valence-electron chi connectivity index (χ3n) is 7.40. The maximum Gasteiger partial charge on any atom is 0.266 e. The van der Waals surface area contributed by atoms with E-state index in [4.69, 9.17) is 11.6 Å². The molecule has 0 atom stereocenters. The minimum absolute atomic E-state index is 0.0634. The third kappa shape index (κ3) is 4.74. The second kappa shape index (κ2) is 9.75. The Balaban J connectivity index is 1.32. The van der Waals surface area contributed by atoms with Gasteiger partial charge in [0.05, 0.1) is 5.02 Å². The minimum atomic E-state index is 0.0634. The molecule has 35 heavy (non-hydrogen) atoms. The molecule has 0 radical (unpaired) electrons. The molecule has 3 nitrogen and oxygen atoms in total. The minimum Gasteiger partial charge on any atom is -0.331 e. The van der Waals surface area contributed by atoms with E-state index in [2.05, 4.69) is 46.3 Å². The van der Waals surface area contributed by atoms with Gasteiger partial charge < -0.3 is 4.90 Å². The Morgan fingerprint density at radius 3 is 2.54 bits per heavy atom. The van der Waals surface area contributed by atoms with Gasteiger partial charge in [-0.25, -0.2) is 0 Å². The zero-order valence-corrected chi connectivity index (χ0v) is 21.3. The number of benzene rings is 2. The molecule has 2 aromatic heterocycles. The van der Waals surface area contributed by atoms with Gasteiger partial charge in [-0.3, -0.25) is 9.78 Å². The fourth-order valence-corrected chi connectivity index (χ4v) is 6.79. The number of amides is 1. The molecule has 2 fully saturated rings. The van der Waals surface area contributed by atoms with Crippen LogP contribution in [-0.2, 0) is 6.54 Å². The van der Waals surface area contributed by atoms with E-state index in [0.717, 1.165) is 28.5 Å². The number of thiophene rings is 1. The summed E-state index contributed by atoms with van der Waals surface area (Å²) in [5, 5.41) is 1.56. The van der Waals surface area contributed by atoms with E-state index >= 15 is 0 Å². The standard InChI is InChI=1S/C30H29ClN2OS/c31-28-25-11-4-5-12-27(25)35-29(28)30(34)33(24-9-2-1-3-10-24)19-20-7-6-8-22(17-20)23-15-16-32-26(18-23)21-13-14-21/h4-8,11-12,15-18,21,24H,1-3,9-10,13-14,19H2. The van der Waals surface area contributed by atoms with Crippen molar-refractivity contribution in [1.29, 1.82) is 0 Å². The molecule has 0 saturated heterocycles. The monoisotopic (exact) mass is 500 g/mol. The van der Waals surface area contributed by atoms with Crippen molar-refractivity contribution in [1.82, 2.24) is 9.88 Å². The van der Waals surface area contributed by atoms with E-state index in [9.17, 15) is 4.79 Å². The zero-order chi connectivity index (χ0) is 23.8. The number of fused-ring (bicyclic) bond motifs is 1. The zero-order valence-electron chi connectivity index (χ0n) is 19.8. The predicted molar refractivity (Wildman–Crippen MR) is 145 cm³/mol. The van der Waals surface area contributed by atoms with Crippen LogP contribution >= 0.6 is 22.9 Å². The number of nitrogens with zero attached hydrogens (tertiary/aromatic N) is 2. The van der Waals surface area contributed by atoms with Crippen LogP contribution in [0.3, 0.4) is 0 Å². The van der Waals surface area contributed by atoms with Gasteiger partial charge in [-0.05, 0) is 66.6 Å². The molecule has 5 heteroatoms. The van der Waals surface area contributed by atoms with Gasteiger partial charge in [-0.1, -0.05) is 67.3 Å². The quantitative estimate of drug-likeness (QED) is 0.266. The number of pyridine rings is 1. The number of halogens is 1. The molecule has 0 spiro atoms. The Morgan fingerprint density at radius 2 is 1.74 bits per heavy atom. The lowest BCUT2D eigenvalue weighted by molar-refractivity contribution is 0.0619. The molecular formula is C30H29ClN2OS. The first-order valence-electron chi connectivity index (χ1n) is 12.7. The van der Waals surface area contributed by atoms with E-state index in [1.165, 1.54) is 60.3 Å². The molecule has 2 saturated carbocycles. The Labute approximate surface area is 215 Å². The van der Waals surface area contributed by atoms with Crippen molar-refractivity contribution in [3.05, 3.63) is 88.0 Å². The van der Waals surface area contributed by atoms with E-state index in [1.807, 2.05) is 30.5 Å². The lowest BCUT2D eigenvalue weighted by Crippen LogP contribution is -2.40. The highest BCUT2D eigenvalue weighted by molar-refractivity contribution is 7.21. The normalized spacial score (nSPS) is 16.5. The summed E-state index contributed by atoms with van der Waals surface area (Å²) in [4.78, 5) is 21.3. The molecule has 2 aliphatic rings. The average molecular weight is 501 g/mol. The van der Waals surface area contributed by atoms with E-state index < -0.39 is 0 Å². The molecule has 0 unspecified atom stereocenters. The van der Waals surface area contributed by atoms with Gasteiger partial charge in [0.2, 0.25) is 0 Å². The van der Waals surface area contributed by atoms with Crippen molar-refractivity contribution in [2.75, 3.05) is 0 Å². The van der Waals surface area contributed by atoms with Crippen LogP contribution in [0.15, 0.2) is 66.9 Å². The average Bonchev–Trinajstić information content (AvgIpc) is 3.71. The second-order valence-electron chi connectivity index (χ2n) is 9.91. The first kappa shape index (κ1) is 22.8. The molecule has 0 aliphatic heterocycles. The van der Waals surface area contributed by atoms with Crippen LogP contribution in [0.1, 0.15) is 71.8 Å². The van der Waals surface area contributed by atoms with E-state index in [1.54, 1.807) is 0 Å². The lowest BCUT2D eigenvalue weighted by atomic mass is 9.93. The predicted octanol–water partition coefficient (Wildman–Crippen LogP) is 8.47. The smallest absolute Gasteiger partial charge is 0.266 e. The van der Waals surface area contributed by atoms with Crippen molar-refractivity contribution in [3.8, 4) is 11.1 Å². The molecule has 0 bridgehead atoms. The first-order valence-corrected chi connectivity index (χ1v) is 13.9. The highest BCUT2D eigenvalue weighted by atomic mass is 35.5. The fourth-order valence-electron chi connectivity index (χ4n) is 5.32. The van der Waals surface area contributed by atoms with Crippen LogP contribution < -0.4 is 0 Å². The Hall–Kier alpha value is -2.69. The van der Waals surface area contributed by atoms with Crippen molar-refractivity contribution >= 4 is 38.9 Å². The molecule has 2 heterocycles. The van der Waals surface area contributed by atoms with Crippen molar-refractivity contribution in [2.45, 2.75) is 63.5 Å². The highest BCUT2D eigenvalue weighted by Crippen LogP contribution is 2.40. The van der Waals surface area contributed by atoms with E-state index in [0.29, 0.717) is 22.4 Å². The second-order valence-corrected chi connectivity index (χ2v) is 11.3. The fraction of sp³-hybridized carbons (Fsp3) is 0.333. The first-order chi connectivity index (χ1) is 17.2. The van der Waals surface area contributed by atoms with Gasteiger partial charge in [0.25, 0.3) is 5.91 Å². The van der Waals surface area contributed by atoms with Crippen LogP contribution in [0.2, 0.25) is 5.02 Å². The highest BCUT2D eigenvalue weighted by Gasteiger charge is 2.30. The van der Waals surface area contributed by atoms with Crippen molar-refractivity contribution < 1.29 is 4.79 Å². The number of rotatable bonds is 6. The Bertz CT molecular complexity index is 1370. The van der Waals surface area contributed by atoms with Gasteiger partial charge in [-0.15, -0.1) is 11.3 Å². The van der Waals surface area contributed by atoms with Gasteiger partial charge >= 0.3 is 0 Å². The molecule has 178 valence electrons. The van der Waals surface area contributed by atoms with Crippen molar-refractivity contribution in [2.24, 2.45) is 0 Å². The molecule has 4 aromatic rings. The van der Waals surface area contributed by atoms with Crippen molar-refractivity contribution in [3.63, 3.8) is 0 Å². The maximum absolute atomic E-state index is 14.0. The summed E-state index contributed by atoms with van der Waals surface area (Å²) >= 11 is 8.26. The summed E-state index contributed by atoms with van der Waals surface area (Å²) in [5.74, 6) is 0.692. The molecular weight excluding hydrogens is 472 g/mol. The topological polar surface area (TPSA) is 33.2 Å². The molecule has 2 aliphatic carbocycles. The van der Waals surface area contributed by atoms with Crippen LogP contribution in [0.25, 0.3) is 21.2 Å². The van der Waals surface area contributed by atoms with Crippen LogP contribution in [0.4, 0.5) is 0 Å². The summed E-state index contributed by atoms with van der Waals surface area (Å²) in [6.07, 6.45) is 10.1. The maximum atomic E-state index is 14.0. The molecule has 1 amide bonds. The number of hydrogen-bond donors (Lipinski definition) is 0. The SMILES string of the molecule is O=C(c1sc2ccccc2c1Cl)N(Cc1cccc(-c2ccnc(C3CC3)c2)c1)C1CCCCC1. The summed E-state index contributed by atoms with van der Waals surface area (Å²) in [6.45, 7) is 0.600. The van der Waals surface area contributed by atoms with Gasteiger partial charge in [-0.2, -0.15) is 0 Å². The molecule has 2 aromatic carbocycles. The summed E-state index contributed by atoms with van der Waals surface area (Å²) in [7, 11) is 0. The van der Waals surface area contributed by atoms with Crippen LogP contribution in [0, 0.1) is 0 Å². The summed E-state index contributed by atoms with van der Waals surface area (Å²) in [5.41, 5.74) is 4.74. The Kier molecular flexibility index (Phi) is 6.34. The number of aromatic nitrogens is 1. The van der Waals surface area contributed by atoms with Gasteiger partial charge in [0, 0.05) is 40.5 Å². The van der Waals surface area contributed by atoms with Gasteiger partial charge in [0.15, 0.2) is 0 Å². The third-order valence-corrected chi connectivity index (χ3v) is 9.06. The van der Waals surface area contributed by atoms with Gasteiger partial charge in [0.1, 0.15) is 4.88 Å². The number of carbonyl (C=O) groups is 1. The largest absolute Gasteiger partial charge is 0.331 e. The summed E-state index contributed by atoms with van der Waals surface area (Å²) in [6, 6.07) is 21.3. The summed E-state index contributed by atoms with van der Waals surface area (Å²) < 4.78 is 1.07. The van der Waals surface area contributed by atoms with Crippen LogP contribution in [0.5, 0.6) is 0 Å². The number of carbonyl (C=O) groups excluding carboxylic acids is 1. The van der Waals surface area contributed by atoms with Crippen LogP contribution in [-0.4, -0.2) is 21.8 Å². The Morgan fingerprint density at radius 1 is 0.943 bits per heavy atom. The number of hydrogen-bond acceptors (Lipinski definition) is 3. The lowest BCUT2D eigenvalue weighted by Gasteiger charge is -2.34.